The summed E-state index contributed by atoms with van der Waals surface area (Å²) in [5.74, 6) is 1.84. The van der Waals surface area contributed by atoms with Crippen LogP contribution in [0, 0.1) is 0 Å². The van der Waals surface area contributed by atoms with Crippen molar-refractivity contribution in [1.82, 2.24) is 19.5 Å². The molecule has 0 saturated carbocycles. The van der Waals surface area contributed by atoms with Crippen LogP contribution in [0.25, 0.3) is 116 Å². The lowest BCUT2D eigenvalue weighted by Crippen LogP contribution is -2.00. The highest BCUT2D eigenvalue weighted by Crippen LogP contribution is 2.43. The van der Waals surface area contributed by atoms with Crippen LogP contribution in [-0.4, -0.2) is 19.5 Å². The minimum Gasteiger partial charge on any atom is -0.455 e. The molecule has 0 amide bonds. The first kappa shape index (κ1) is 30.8. The minimum absolute atomic E-state index is 0.596. The summed E-state index contributed by atoms with van der Waals surface area (Å²) >= 11 is 0. The van der Waals surface area contributed by atoms with Gasteiger partial charge in [-0.15, -0.1) is 0 Å². The number of fused-ring (bicyclic) bond motifs is 10. The molecule has 5 nitrogen and oxygen atoms in total. The van der Waals surface area contributed by atoms with Crippen molar-refractivity contribution in [3.63, 3.8) is 0 Å². The highest BCUT2D eigenvalue weighted by Gasteiger charge is 2.22. The zero-order valence-electron chi connectivity index (χ0n) is 30.0. The second-order valence-corrected chi connectivity index (χ2v) is 14.4. The Balaban J connectivity index is 1.12. The van der Waals surface area contributed by atoms with Crippen LogP contribution in [0.2, 0.25) is 0 Å². The number of nitrogens with zero attached hydrogens (tertiary/aromatic N) is 4. The van der Waals surface area contributed by atoms with Gasteiger partial charge in [-0.05, 0) is 69.4 Å². The molecule has 0 radical (unpaired) electrons. The Morgan fingerprint density at radius 1 is 0.375 bits per heavy atom. The molecular weight excluding hydrogens is 685 g/mol. The average Bonchev–Trinajstić information content (AvgIpc) is 3.81. The molecule has 12 rings (SSSR count). The van der Waals surface area contributed by atoms with E-state index >= 15 is 0 Å². The zero-order valence-corrected chi connectivity index (χ0v) is 30.0. The maximum atomic E-state index is 6.95. The van der Waals surface area contributed by atoms with E-state index in [1.807, 2.05) is 30.3 Å². The molecule has 0 N–H and O–H groups in total. The highest BCUT2D eigenvalue weighted by atomic mass is 16.3. The van der Waals surface area contributed by atoms with Crippen LogP contribution in [0.3, 0.4) is 0 Å². The number of hydrogen-bond acceptors (Lipinski definition) is 4. The van der Waals surface area contributed by atoms with Gasteiger partial charge in [0.15, 0.2) is 17.5 Å². The fourth-order valence-electron chi connectivity index (χ4n) is 8.52. The third kappa shape index (κ3) is 4.71. The lowest BCUT2D eigenvalue weighted by atomic mass is 9.99. The quantitative estimate of drug-likeness (QED) is 0.182. The normalized spacial score (nSPS) is 11.9. The van der Waals surface area contributed by atoms with Crippen LogP contribution in [0.1, 0.15) is 0 Å². The summed E-state index contributed by atoms with van der Waals surface area (Å²) in [5, 5.41) is 11.3. The van der Waals surface area contributed by atoms with E-state index < -0.39 is 0 Å². The Morgan fingerprint density at radius 2 is 1.02 bits per heavy atom. The first-order valence-electron chi connectivity index (χ1n) is 18.8. The van der Waals surface area contributed by atoms with E-state index in [1.165, 1.54) is 26.9 Å². The van der Waals surface area contributed by atoms with Gasteiger partial charge in [0, 0.05) is 55.4 Å². The van der Waals surface area contributed by atoms with Gasteiger partial charge >= 0.3 is 0 Å². The summed E-state index contributed by atoms with van der Waals surface area (Å²) in [6.07, 6.45) is 0. The van der Waals surface area contributed by atoms with E-state index in [4.69, 9.17) is 19.4 Å². The number of furan rings is 1. The van der Waals surface area contributed by atoms with Crippen molar-refractivity contribution in [3.8, 4) is 39.9 Å². The van der Waals surface area contributed by atoms with Crippen molar-refractivity contribution in [3.05, 3.63) is 182 Å². The highest BCUT2D eigenvalue weighted by molar-refractivity contribution is 6.21. The molecule has 0 unspecified atom stereocenters. The number of rotatable bonds is 4. The van der Waals surface area contributed by atoms with Gasteiger partial charge in [0.05, 0.1) is 11.0 Å². The molecule has 5 heteroatoms. The second kappa shape index (κ2) is 11.9. The Hall–Kier alpha value is -7.63. The third-order valence-corrected chi connectivity index (χ3v) is 11.2. The number of benzene rings is 9. The van der Waals surface area contributed by atoms with Crippen molar-refractivity contribution >= 4 is 76.1 Å². The third-order valence-electron chi connectivity index (χ3n) is 11.2. The van der Waals surface area contributed by atoms with Crippen molar-refractivity contribution in [2.24, 2.45) is 0 Å². The first-order chi connectivity index (χ1) is 27.7. The summed E-state index contributed by atoms with van der Waals surface area (Å²) in [4.78, 5) is 15.5. The van der Waals surface area contributed by atoms with Gasteiger partial charge in [-0.2, -0.15) is 0 Å². The fraction of sp³-hybridized carbons (Fsp3) is 0. The van der Waals surface area contributed by atoms with Gasteiger partial charge in [0.25, 0.3) is 0 Å². The molecule has 0 spiro atoms. The van der Waals surface area contributed by atoms with Gasteiger partial charge < -0.3 is 8.98 Å². The minimum atomic E-state index is 0.596. The molecule has 0 aliphatic heterocycles. The van der Waals surface area contributed by atoms with Gasteiger partial charge in [-0.3, -0.25) is 0 Å². The van der Waals surface area contributed by atoms with E-state index in [2.05, 4.69) is 156 Å². The molecule has 0 aliphatic carbocycles. The van der Waals surface area contributed by atoms with E-state index in [9.17, 15) is 0 Å². The summed E-state index contributed by atoms with van der Waals surface area (Å²) in [7, 11) is 0. The van der Waals surface area contributed by atoms with Crippen LogP contribution < -0.4 is 0 Å². The smallest absolute Gasteiger partial charge is 0.164 e. The maximum Gasteiger partial charge on any atom is 0.164 e. The summed E-state index contributed by atoms with van der Waals surface area (Å²) in [5.41, 5.74) is 7.72. The van der Waals surface area contributed by atoms with Crippen molar-refractivity contribution < 1.29 is 4.42 Å². The molecule has 0 atom stereocenters. The molecule has 260 valence electrons. The standard InChI is InChI=1S/C51H30N4O/c1-2-13-32(14-3-1)49-52-50(37-23-22-31-12-4-5-15-33(31)26-37)54-51(53-49)43-28-36-18-8-9-19-39(36)48-47(43)41-25-24-38(30-46(41)56-48)55-44-21-11-10-20-40(44)42-27-34-16-6-7-17-35(34)29-45(42)55/h1-30H. The molecule has 9 aromatic carbocycles. The molecule has 0 aliphatic rings. The second-order valence-electron chi connectivity index (χ2n) is 14.4. The molecule has 0 saturated heterocycles. The zero-order chi connectivity index (χ0) is 36.7. The topological polar surface area (TPSA) is 56.7 Å². The average molecular weight is 715 g/mol. The van der Waals surface area contributed by atoms with E-state index in [-0.39, 0.29) is 0 Å². The van der Waals surface area contributed by atoms with Crippen LogP contribution in [0.5, 0.6) is 0 Å². The fourth-order valence-corrected chi connectivity index (χ4v) is 8.52. The number of para-hydroxylation sites is 1. The van der Waals surface area contributed by atoms with Crippen molar-refractivity contribution in [2.75, 3.05) is 0 Å². The SMILES string of the molecule is c1ccc(-c2nc(-c3ccc4ccccc4c3)nc(-c3cc4ccccc4c4oc5cc(-n6c7ccccc7c7cc8ccccc8cc76)ccc5c34)n2)cc1. The van der Waals surface area contributed by atoms with Crippen molar-refractivity contribution in [1.29, 1.82) is 0 Å². The Morgan fingerprint density at radius 3 is 1.84 bits per heavy atom. The van der Waals surface area contributed by atoms with E-state index in [0.717, 1.165) is 71.5 Å². The summed E-state index contributed by atoms with van der Waals surface area (Å²) in [6, 6.07) is 63.9. The molecule has 3 aromatic heterocycles. The lowest BCUT2D eigenvalue weighted by Gasteiger charge is -2.11. The molecule has 0 fully saturated rings. The Labute approximate surface area is 320 Å². The van der Waals surface area contributed by atoms with Crippen molar-refractivity contribution in [2.45, 2.75) is 0 Å². The van der Waals surface area contributed by atoms with Crippen LogP contribution in [0.4, 0.5) is 0 Å². The van der Waals surface area contributed by atoms with Crippen LogP contribution >= 0.6 is 0 Å². The first-order valence-corrected chi connectivity index (χ1v) is 18.8. The predicted octanol–water partition coefficient (Wildman–Crippen LogP) is 13.3. The number of aromatic nitrogens is 4. The Kier molecular flexibility index (Phi) is 6.56. The number of hydrogen-bond donors (Lipinski definition) is 0. The van der Waals surface area contributed by atoms with E-state index in [0.29, 0.717) is 17.5 Å². The molecule has 12 aromatic rings. The van der Waals surface area contributed by atoms with Gasteiger partial charge in [-0.1, -0.05) is 133 Å². The van der Waals surface area contributed by atoms with Gasteiger partial charge in [0.1, 0.15) is 11.2 Å². The predicted molar refractivity (Wildman–Crippen MR) is 230 cm³/mol. The monoisotopic (exact) mass is 714 g/mol. The van der Waals surface area contributed by atoms with E-state index in [1.54, 1.807) is 0 Å². The van der Waals surface area contributed by atoms with Crippen LogP contribution in [-0.2, 0) is 0 Å². The summed E-state index contributed by atoms with van der Waals surface area (Å²) < 4.78 is 9.31. The maximum absolute atomic E-state index is 6.95. The largest absolute Gasteiger partial charge is 0.455 e. The molecule has 56 heavy (non-hydrogen) atoms. The molecular formula is C51H30N4O. The summed E-state index contributed by atoms with van der Waals surface area (Å²) in [6.45, 7) is 0. The lowest BCUT2D eigenvalue weighted by molar-refractivity contribution is 0.672. The molecule has 0 bridgehead atoms. The Bertz CT molecular complexity index is 3540. The molecule has 3 heterocycles. The van der Waals surface area contributed by atoms with Gasteiger partial charge in [-0.25, -0.2) is 15.0 Å². The van der Waals surface area contributed by atoms with Gasteiger partial charge in [0.2, 0.25) is 0 Å². The van der Waals surface area contributed by atoms with Crippen LogP contribution in [0.15, 0.2) is 186 Å².